The van der Waals surface area contributed by atoms with Gasteiger partial charge in [0.1, 0.15) is 0 Å². The van der Waals surface area contributed by atoms with Gasteiger partial charge in [-0.1, -0.05) is 85.5 Å². The van der Waals surface area contributed by atoms with Gasteiger partial charge in [0.2, 0.25) is 0 Å². The van der Waals surface area contributed by atoms with Gasteiger partial charge >= 0.3 is 0 Å². The van der Waals surface area contributed by atoms with Gasteiger partial charge in [0.25, 0.3) is 0 Å². The highest BCUT2D eigenvalue weighted by Crippen LogP contribution is 2.24. The minimum Gasteiger partial charge on any atom is -0.356 e. The molecule has 0 aliphatic heterocycles. The van der Waals surface area contributed by atoms with Crippen molar-refractivity contribution in [2.75, 3.05) is 5.32 Å². The van der Waals surface area contributed by atoms with E-state index < -0.39 is 0 Å². The molecule has 0 aliphatic rings. The molecule has 1 N–H and O–H groups in total. The van der Waals surface area contributed by atoms with E-state index in [0.717, 1.165) is 22.5 Å². The van der Waals surface area contributed by atoms with E-state index in [4.69, 9.17) is 0 Å². The first kappa shape index (κ1) is 17.5. The molecular weight excluding hydrogens is 314 g/mol. The van der Waals surface area contributed by atoms with Crippen molar-refractivity contribution in [3.8, 4) is 11.1 Å². The van der Waals surface area contributed by atoms with Crippen LogP contribution in [-0.4, -0.2) is 0 Å². The average molecular weight is 337 g/mol. The Bertz CT molecular complexity index is 899. The zero-order chi connectivity index (χ0) is 18.2. The third-order valence-corrected chi connectivity index (χ3v) is 4.19. The Hall–Kier alpha value is -3.32. The zero-order valence-electron chi connectivity index (χ0n) is 15.0. The first-order valence-corrected chi connectivity index (χ1v) is 8.78. The lowest BCUT2D eigenvalue weighted by Crippen LogP contribution is -1.91. The molecule has 0 amide bonds. The maximum atomic E-state index is 3.90. The smallest absolute Gasteiger partial charge is 0.0384 e. The number of benzene rings is 3. The number of nitrogens with one attached hydrogen (secondary N) is 1. The van der Waals surface area contributed by atoms with Crippen LogP contribution >= 0.6 is 0 Å². The normalized spacial score (nSPS) is 11.5. The number of hydrogen-bond acceptors (Lipinski definition) is 1. The Morgan fingerprint density at radius 1 is 0.769 bits per heavy atom. The predicted molar refractivity (Wildman–Crippen MR) is 115 cm³/mol. The number of hydrogen-bond donors (Lipinski definition) is 1. The van der Waals surface area contributed by atoms with E-state index in [1.54, 1.807) is 0 Å². The monoisotopic (exact) mass is 337 g/mol. The third kappa shape index (κ3) is 4.40. The summed E-state index contributed by atoms with van der Waals surface area (Å²) in [7, 11) is 0. The quantitative estimate of drug-likeness (QED) is 0.467. The molecule has 0 bridgehead atoms. The number of allylic oxidation sites excluding steroid dienone is 5. The van der Waals surface area contributed by atoms with E-state index >= 15 is 0 Å². The fourth-order valence-corrected chi connectivity index (χ4v) is 2.77. The molecule has 3 aromatic rings. The van der Waals surface area contributed by atoms with Crippen LogP contribution in [0.25, 0.3) is 16.7 Å². The van der Waals surface area contributed by atoms with Crippen molar-refractivity contribution in [3.63, 3.8) is 0 Å². The Balaban J connectivity index is 1.72. The van der Waals surface area contributed by atoms with E-state index in [-0.39, 0.29) is 0 Å². The lowest BCUT2D eigenvalue weighted by Gasteiger charge is -2.09. The van der Waals surface area contributed by atoms with Crippen molar-refractivity contribution in [2.45, 2.75) is 6.92 Å². The number of anilines is 2. The maximum absolute atomic E-state index is 3.90. The summed E-state index contributed by atoms with van der Waals surface area (Å²) in [4.78, 5) is 0. The molecule has 26 heavy (non-hydrogen) atoms. The van der Waals surface area contributed by atoms with Crippen LogP contribution in [0.4, 0.5) is 11.4 Å². The van der Waals surface area contributed by atoms with Crippen molar-refractivity contribution < 1.29 is 0 Å². The minimum absolute atomic E-state index is 1.07. The molecule has 0 saturated carbocycles. The Morgan fingerprint density at radius 3 is 1.92 bits per heavy atom. The molecular formula is C25H23N. The molecule has 128 valence electrons. The van der Waals surface area contributed by atoms with Gasteiger partial charge in [-0.25, -0.2) is 0 Å². The van der Waals surface area contributed by atoms with Gasteiger partial charge in [0.15, 0.2) is 0 Å². The SMILES string of the molecule is C=C/C(=C\C=C/C)c1ccc(Nc2ccc(-c3ccccc3)cc2)cc1. The average Bonchev–Trinajstić information content (AvgIpc) is 2.71. The summed E-state index contributed by atoms with van der Waals surface area (Å²) < 4.78 is 0. The number of rotatable bonds is 6. The lowest BCUT2D eigenvalue weighted by molar-refractivity contribution is 1.52. The highest BCUT2D eigenvalue weighted by molar-refractivity contribution is 5.76. The molecule has 0 radical (unpaired) electrons. The highest BCUT2D eigenvalue weighted by atomic mass is 14.9. The molecule has 0 spiro atoms. The molecule has 0 atom stereocenters. The van der Waals surface area contributed by atoms with E-state index in [2.05, 4.69) is 90.8 Å². The van der Waals surface area contributed by atoms with Gasteiger partial charge in [0.05, 0.1) is 0 Å². The minimum atomic E-state index is 1.07. The van der Waals surface area contributed by atoms with Crippen LogP contribution in [0.3, 0.4) is 0 Å². The second kappa shape index (κ2) is 8.68. The van der Waals surface area contributed by atoms with Crippen LogP contribution < -0.4 is 5.32 Å². The van der Waals surface area contributed by atoms with E-state index in [0.29, 0.717) is 0 Å². The largest absolute Gasteiger partial charge is 0.356 e. The van der Waals surface area contributed by atoms with Crippen LogP contribution in [0.5, 0.6) is 0 Å². The summed E-state index contributed by atoms with van der Waals surface area (Å²) in [6, 6.07) is 27.3. The van der Waals surface area contributed by atoms with Gasteiger partial charge < -0.3 is 5.32 Å². The molecule has 0 fully saturated rings. The van der Waals surface area contributed by atoms with E-state index in [1.165, 1.54) is 11.1 Å². The van der Waals surface area contributed by atoms with Crippen molar-refractivity contribution in [1.82, 2.24) is 0 Å². The van der Waals surface area contributed by atoms with Crippen molar-refractivity contribution in [1.29, 1.82) is 0 Å². The van der Waals surface area contributed by atoms with Gasteiger partial charge in [-0.3, -0.25) is 0 Å². The Kier molecular flexibility index (Phi) is 5.84. The second-order valence-corrected chi connectivity index (χ2v) is 6.00. The van der Waals surface area contributed by atoms with Crippen LogP contribution in [0, 0.1) is 0 Å². The Morgan fingerprint density at radius 2 is 1.35 bits per heavy atom. The third-order valence-electron chi connectivity index (χ3n) is 4.19. The molecule has 0 aromatic heterocycles. The molecule has 1 nitrogen and oxygen atoms in total. The fourth-order valence-electron chi connectivity index (χ4n) is 2.77. The highest BCUT2D eigenvalue weighted by Gasteiger charge is 2.00. The summed E-state index contributed by atoms with van der Waals surface area (Å²) in [6.45, 7) is 5.90. The summed E-state index contributed by atoms with van der Waals surface area (Å²) in [5.41, 5.74) is 6.86. The van der Waals surface area contributed by atoms with Crippen LogP contribution in [0.2, 0.25) is 0 Å². The Labute approximate surface area is 156 Å². The molecule has 0 saturated heterocycles. The lowest BCUT2D eigenvalue weighted by atomic mass is 10.0. The molecule has 1 heteroatoms. The van der Waals surface area contributed by atoms with Gasteiger partial charge in [-0.2, -0.15) is 0 Å². The molecule has 0 heterocycles. The maximum Gasteiger partial charge on any atom is 0.0384 e. The standard InChI is InChI=1S/C25H23N/c1-3-5-9-20(4-2)22-12-16-24(17-13-22)26-25-18-14-23(15-19-25)21-10-7-6-8-11-21/h3-19,26H,2H2,1H3/b5-3-,20-9+. The zero-order valence-corrected chi connectivity index (χ0v) is 15.0. The van der Waals surface area contributed by atoms with Crippen LogP contribution in [0.15, 0.2) is 110 Å². The first-order valence-electron chi connectivity index (χ1n) is 8.78. The summed E-state index contributed by atoms with van der Waals surface area (Å²) >= 11 is 0. The second-order valence-electron chi connectivity index (χ2n) is 6.00. The molecule has 3 rings (SSSR count). The van der Waals surface area contributed by atoms with E-state index in [1.807, 2.05) is 31.2 Å². The fraction of sp³-hybridized carbons (Fsp3) is 0.0400. The topological polar surface area (TPSA) is 12.0 Å². The van der Waals surface area contributed by atoms with Crippen LogP contribution in [0.1, 0.15) is 12.5 Å². The molecule has 3 aromatic carbocycles. The van der Waals surface area contributed by atoms with Gasteiger partial charge in [-0.05, 0) is 53.5 Å². The molecule has 0 unspecified atom stereocenters. The van der Waals surface area contributed by atoms with Gasteiger partial charge in [-0.15, -0.1) is 0 Å². The molecule has 0 aliphatic carbocycles. The summed E-state index contributed by atoms with van der Waals surface area (Å²) in [5.74, 6) is 0. The first-order chi connectivity index (χ1) is 12.8. The summed E-state index contributed by atoms with van der Waals surface area (Å²) in [6.07, 6.45) is 7.98. The van der Waals surface area contributed by atoms with Crippen molar-refractivity contribution >= 4 is 16.9 Å². The van der Waals surface area contributed by atoms with Gasteiger partial charge in [0, 0.05) is 11.4 Å². The van der Waals surface area contributed by atoms with Crippen molar-refractivity contribution in [3.05, 3.63) is 115 Å². The van der Waals surface area contributed by atoms with E-state index in [9.17, 15) is 0 Å². The van der Waals surface area contributed by atoms with Crippen molar-refractivity contribution in [2.24, 2.45) is 0 Å². The van der Waals surface area contributed by atoms with Crippen LogP contribution in [-0.2, 0) is 0 Å². The summed E-state index contributed by atoms with van der Waals surface area (Å²) in [5, 5.41) is 3.45. The predicted octanol–water partition coefficient (Wildman–Crippen LogP) is 7.24.